The summed E-state index contributed by atoms with van der Waals surface area (Å²) in [6.45, 7) is 2.10. The summed E-state index contributed by atoms with van der Waals surface area (Å²) >= 11 is 0. The van der Waals surface area contributed by atoms with Crippen molar-refractivity contribution < 1.29 is 9.90 Å². The number of hydrogen-bond acceptors (Lipinski definition) is 5. The largest absolute Gasteiger partial charge is 0.480 e. The standard InChI is InChI=1S/C18H22N4O2.C9H11N.C2H2/c19-8-3-4-9-20-11-15-18-14(7-10-21-15)13-5-1-2-6-16(13)22(18)12-17(23)24;1-2-6-9-8(4-1)5-3-7-10-9;1-2/h1-2,5-7,10,20H,3-4,8-9,11-12,19H2,(H,23,24);3,5,7H,1-2,4,6H2;1-2H. The van der Waals surface area contributed by atoms with Gasteiger partial charge in [-0.3, -0.25) is 14.8 Å². The number of nitrogens with zero attached hydrogens (tertiary/aromatic N) is 3. The third-order valence-electron chi connectivity index (χ3n) is 6.24. The number of aromatic nitrogens is 3. The minimum atomic E-state index is -0.858. The van der Waals surface area contributed by atoms with Crippen molar-refractivity contribution in [3.05, 3.63) is 71.8 Å². The fourth-order valence-electron chi connectivity index (χ4n) is 4.63. The molecule has 0 radical (unpaired) electrons. The Morgan fingerprint density at radius 2 is 1.81 bits per heavy atom. The number of terminal acetylenes is 1. The summed E-state index contributed by atoms with van der Waals surface area (Å²) in [7, 11) is 0. The van der Waals surface area contributed by atoms with Crippen molar-refractivity contribution in [3.63, 3.8) is 0 Å². The smallest absolute Gasteiger partial charge is 0.323 e. The Kier molecular flexibility index (Phi) is 10.4. The molecule has 3 heterocycles. The number of aryl methyl sites for hydroxylation is 2. The quantitative estimate of drug-likeness (QED) is 0.254. The average Bonchev–Trinajstić information content (AvgIpc) is 3.24. The Morgan fingerprint density at radius 3 is 2.58 bits per heavy atom. The molecule has 0 saturated heterocycles. The molecule has 4 N–H and O–H groups in total. The molecule has 0 saturated carbocycles. The summed E-state index contributed by atoms with van der Waals surface area (Å²) in [5.41, 5.74) is 11.0. The molecule has 0 spiro atoms. The van der Waals surface area contributed by atoms with Crippen LogP contribution >= 0.6 is 0 Å². The second kappa shape index (κ2) is 14.0. The van der Waals surface area contributed by atoms with Crippen LogP contribution in [0.3, 0.4) is 0 Å². The van der Waals surface area contributed by atoms with Gasteiger partial charge in [-0.05, 0) is 75.4 Å². The highest BCUT2D eigenvalue weighted by Gasteiger charge is 2.16. The van der Waals surface area contributed by atoms with Crippen LogP contribution in [-0.2, 0) is 30.7 Å². The van der Waals surface area contributed by atoms with Crippen molar-refractivity contribution in [1.29, 1.82) is 0 Å². The van der Waals surface area contributed by atoms with Crippen molar-refractivity contribution in [2.75, 3.05) is 13.1 Å². The van der Waals surface area contributed by atoms with Crippen LogP contribution in [0.4, 0.5) is 0 Å². The molecule has 0 bridgehead atoms. The molecule has 1 aliphatic rings. The van der Waals surface area contributed by atoms with Gasteiger partial charge in [0.05, 0.1) is 11.2 Å². The van der Waals surface area contributed by atoms with Crippen LogP contribution in [0.15, 0.2) is 54.9 Å². The molecule has 0 unspecified atom stereocenters. The van der Waals surface area contributed by atoms with Crippen LogP contribution in [0.1, 0.15) is 42.6 Å². The van der Waals surface area contributed by atoms with E-state index in [1.807, 2.05) is 47.2 Å². The number of nitrogens with one attached hydrogen (secondary N) is 1. The number of nitrogens with two attached hydrogens (primary N) is 1. The molecule has 7 nitrogen and oxygen atoms in total. The Morgan fingerprint density at radius 1 is 1.00 bits per heavy atom. The van der Waals surface area contributed by atoms with E-state index in [-0.39, 0.29) is 6.54 Å². The summed E-state index contributed by atoms with van der Waals surface area (Å²) in [6, 6.07) is 14.1. The average molecular weight is 486 g/mol. The predicted octanol–water partition coefficient (Wildman–Crippen LogP) is 4.31. The zero-order valence-electron chi connectivity index (χ0n) is 20.7. The lowest BCUT2D eigenvalue weighted by molar-refractivity contribution is -0.137. The molecule has 1 aliphatic carbocycles. The predicted molar refractivity (Wildman–Crippen MR) is 146 cm³/mol. The van der Waals surface area contributed by atoms with Gasteiger partial charge in [0.25, 0.3) is 0 Å². The summed E-state index contributed by atoms with van der Waals surface area (Å²) in [6.07, 6.45) is 18.8. The summed E-state index contributed by atoms with van der Waals surface area (Å²) in [5, 5.41) is 14.8. The number of hydrogen-bond donors (Lipinski definition) is 3. The molecule has 4 aromatic rings. The maximum atomic E-state index is 11.3. The first-order valence-electron chi connectivity index (χ1n) is 12.4. The van der Waals surface area contributed by atoms with E-state index in [0.717, 1.165) is 46.9 Å². The number of carbonyl (C=O) groups is 1. The van der Waals surface area contributed by atoms with Crippen LogP contribution in [0.5, 0.6) is 0 Å². The Labute approximate surface area is 212 Å². The molecule has 0 atom stereocenters. The van der Waals surface area contributed by atoms with E-state index in [1.54, 1.807) is 6.20 Å². The minimum absolute atomic E-state index is 0.0735. The number of rotatable bonds is 8. The highest BCUT2D eigenvalue weighted by Crippen LogP contribution is 2.30. The first-order valence-corrected chi connectivity index (χ1v) is 12.4. The molecule has 3 aromatic heterocycles. The van der Waals surface area contributed by atoms with Crippen molar-refractivity contribution >= 4 is 27.8 Å². The van der Waals surface area contributed by atoms with E-state index >= 15 is 0 Å². The zero-order valence-corrected chi connectivity index (χ0v) is 20.7. The van der Waals surface area contributed by atoms with E-state index in [4.69, 9.17) is 5.73 Å². The van der Waals surface area contributed by atoms with Gasteiger partial charge in [0.2, 0.25) is 0 Å². The fraction of sp³-hybridized carbons (Fsp3) is 0.345. The Hall–Kier alpha value is -3.73. The lowest BCUT2D eigenvalue weighted by Gasteiger charge is -2.12. The number of aliphatic carboxylic acids is 1. The molecule has 36 heavy (non-hydrogen) atoms. The number of pyridine rings is 2. The number of carboxylic acid groups (broad SMARTS) is 1. The third kappa shape index (κ3) is 6.69. The van der Waals surface area contributed by atoms with Gasteiger partial charge in [-0.1, -0.05) is 24.3 Å². The molecule has 7 heteroatoms. The number of para-hydroxylation sites is 1. The Balaban J connectivity index is 0.000000249. The number of benzene rings is 1. The fourth-order valence-corrected chi connectivity index (χ4v) is 4.63. The molecule has 0 amide bonds. The summed E-state index contributed by atoms with van der Waals surface area (Å²) in [4.78, 5) is 20.1. The number of fused-ring (bicyclic) bond motifs is 4. The van der Waals surface area contributed by atoms with Gasteiger partial charge in [-0.2, -0.15) is 0 Å². The van der Waals surface area contributed by atoms with Crippen molar-refractivity contribution in [1.82, 2.24) is 19.9 Å². The molecule has 1 aromatic carbocycles. The lowest BCUT2D eigenvalue weighted by atomic mass is 9.96. The van der Waals surface area contributed by atoms with Crippen LogP contribution in [-0.4, -0.2) is 38.7 Å². The zero-order chi connectivity index (χ0) is 25.8. The van der Waals surface area contributed by atoms with Crippen molar-refractivity contribution in [3.8, 4) is 12.8 Å². The summed E-state index contributed by atoms with van der Waals surface area (Å²) < 4.78 is 1.84. The normalized spacial score (nSPS) is 12.2. The van der Waals surface area contributed by atoms with E-state index in [0.29, 0.717) is 13.1 Å². The van der Waals surface area contributed by atoms with Gasteiger partial charge in [-0.25, -0.2) is 0 Å². The molecule has 5 rings (SSSR count). The van der Waals surface area contributed by atoms with Gasteiger partial charge < -0.3 is 20.7 Å². The van der Waals surface area contributed by atoms with Crippen LogP contribution < -0.4 is 11.1 Å². The number of unbranched alkanes of at least 4 members (excludes halogenated alkanes) is 1. The van der Waals surface area contributed by atoms with Gasteiger partial charge >= 0.3 is 5.97 Å². The maximum Gasteiger partial charge on any atom is 0.323 e. The van der Waals surface area contributed by atoms with Crippen LogP contribution in [0.2, 0.25) is 0 Å². The molecule has 0 aliphatic heterocycles. The highest BCUT2D eigenvalue weighted by atomic mass is 16.4. The first kappa shape index (κ1) is 26.9. The second-order valence-electron chi connectivity index (χ2n) is 8.64. The topological polar surface area (TPSA) is 106 Å². The molecular weight excluding hydrogens is 450 g/mol. The SMILES string of the molecule is C#C.NCCCCNCc1nccc2c3ccccc3n(CC(=O)O)c12.c1cnc2c(c1)CCCC2. The van der Waals surface area contributed by atoms with E-state index in [2.05, 4.69) is 34.2 Å². The summed E-state index contributed by atoms with van der Waals surface area (Å²) in [5.74, 6) is -0.858. The van der Waals surface area contributed by atoms with Crippen molar-refractivity contribution in [2.45, 2.75) is 51.6 Å². The first-order chi connectivity index (χ1) is 17.7. The van der Waals surface area contributed by atoms with Gasteiger partial charge in [0.15, 0.2) is 0 Å². The van der Waals surface area contributed by atoms with Crippen LogP contribution in [0, 0.1) is 12.8 Å². The van der Waals surface area contributed by atoms with E-state index in [9.17, 15) is 9.90 Å². The van der Waals surface area contributed by atoms with Crippen LogP contribution in [0.25, 0.3) is 21.8 Å². The molecule has 0 fully saturated rings. The lowest BCUT2D eigenvalue weighted by Crippen LogP contribution is -2.18. The van der Waals surface area contributed by atoms with E-state index in [1.165, 1.54) is 36.9 Å². The van der Waals surface area contributed by atoms with Crippen molar-refractivity contribution in [2.24, 2.45) is 5.73 Å². The van der Waals surface area contributed by atoms with Gasteiger partial charge in [0, 0.05) is 40.9 Å². The second-order valence-corrected chi connectivity index (χ2v) is 8.64. The number of carboxylic acids is 1. The third-order valence-corrected chi connectivity index (χ3v) is 6.24. The van der Waals surface area contributed by atoms with Gasteiger partial charge in [-0.15, -0.1) is 12.8 Å². The van der Waals surface area contributed by atoms with Gasteiger partial charge in [0.1, 0.15) is 6.54 Å². The highest BCUT2D eigenvalue weighted by molar-refractivity contribution is 6.09. The molecular formula is C29H35N5O2. The molecule has 188 valence electrons. The maximum absolute atomic E-state index is 11.3. The minimum Gasteiger partial charge on any atom is -0.480 e. The monoisotopic (exact) mass is 485 g/mol. The van der Waals surface area contributed by atoms with E-state index < -0.39 is 5.97 Å². The Bertz CT molecular complexity index is 1270.